The normalized spacial score (nSPS) is 15.0. The maximum atomic E-state index is 9.50. The number of hydrogen-bond donors (Lipinski definition) is 0. The van der Waals surface area contributed by atoms with Crippen LogP contribution in [0.1, 0.15) is 30.4 Å². The number of rotatable bonds is 4. The summed E-state index contributed by atoms with van der Waals surface area (Å²) in [5.41, 5.74) is 3.68. The van der Waals surface area contributed by atoms with E-state index >= 15 is 0 Å². The highest BCUT2D eigenvalue weighted by Gasteiger charge is 2.13. The molecule has 2 aromatic carbocycles. The smallest absolute Gasteiger partial charge is 0.128 e. The standard InChI is InChI=1S/C21H22N2O/c1-24-21-15-20(23-12-6-3-7-13-23)11-10-18(21)14-19(16-22)17-8-4-2-5-9-17/h2,4-5,8-11,14-15H,3,6-7,12-13H2,1H3/b19-14+. The zero-order chi connectivity index (χ0) is 16.8. The van der Waals surface area contributed by atoms with Crippen molar-refractivity contribution >= 4 is 17.3 Å². The molecule has 0 aromatic heterocycles. The molecule has 0 spiro atoms. The summed E-state index contributed by atoms with van der Waals surface area (Å²) in [7, 11) is 1.68. The van der Waals surface area contributed by atoms with E-state index in [1.165, 1.54) is 24.9 Å². The van der Waals surface area contributed by atoms with Crippen LogP contribution in [0.25, 0.3) is 11.6 Å². The van der Waals surface area contributed by atoms with Crippen molar-refractivity contribution in [1.29, 1.82) is 5.26 Å². The lowest BCUT2D eigenvalue weighted by molar-refractivity contribution is 0.413. The molecule has 0 N–H and O–H groups in total. The van der Waals surface area contributed by atoms with Crippen LogP contribution in [0.3, 0.4) is 0 Å². The molecule has 0 radical (unpaired) electrons. The summed E-state index contributed by atoms with van der Waals surface area (Å²) in [6.07, 6.45) is 5.71. The first-order valence-corrected chi connectivity index (χ1v) is 8.42. The molecule has 0 atom stereocenters. The highest BCUT2D eigenvalue weighted by molar-refractivity contribution is 5.90. The van der Waals surface area contributed by atoms with Gasteiger partial charge < -0.3 is 9.64 Å². The maximum Gasteiger partial charge on any atom is 0.128 e. The Morgan fingerprint density at radius 2 is 1.83 bits per heavy atom. The van der Waals surface area contributed by atoms with E-state index in [-0.39, 0.29) is 0 Å². The molecular formula is C21H22N2O. The number of nitriles is 1. The molecule has 0 amide bonds. The van der Waals surface area contributed by atoms with Gasteiger partial charge in [0.15, 0.2) is 0 Å². The summed E-state index contributed by atoms with van der Waals surface area (Å²) < 4.78 is 5.58. The number of anilines is 1. The molecule has 0 aliphatic carbocycles. The number of ether oxygens (including phenoxy) is 1. The molecule has 0 bridgehead atoms. The van der Waals surface area contributed by atoms with Crippen LogP contribution in [-0.4, -0.2) is 20.2 Å². The Labute approximate surface area is 143 Å². The fraction of sp³-hybridized carbons (Fsp3) is 0.286. The number of allylic oxidation sites excluding steroid dienone is 1. The predicted octanol–water partition coefficient (Wildman–Crippen LogP) is 4.75. The number of methoxy groups -OCH3 is 1. The zero-order valence-electron chi connectivity index (χ0n) is 14.0. The average molecular weight is 318 g/mol. The Balaban J connectivity index is 1.93. The minimum atomic E-state index is 0.639. The van der Waals surface area contributed by atoms with Crippen LogP contribution >= 0.6 is 0 Å². The van der Waals surface area contributed by atoms with E-state index in [0.717, 1.165) is 30.0 Å². The van der Waals surface area contributed by atoms with E-state index in [0.29, 0.717) is 5.57 Å². The molecule has 1 aliphatic rings. The summed E-state index contributed by atoms with van der Waals surface area (Å²) in [5, 5.41) is 9.50. The van der Waals surface area contributed by atoms with E-state index in [2.05, 4.69) is 23.1 Å². The van der Waals surface area contributed by atoms with E-state index in [4.69, 9.17) is 4.74 Å². The Morgan fingerprint density at radius 1 is 1.08 bits per heavy atom. The largest absolute Gasteiger partial charge is 0.496 e. The Hall–Kier alpha value is -2.73. The quantitative estimate of drug-likeness (QED) is 0.603. The Morgan fingerprint density at radius 3 is 2.50 bits per heavy atom. The molecule has 0 unspecified atom stereocenters. The van der Waals surface area contributed by atoms with Crippen molar-refractivity contribution in [2.75, 3.05) is 25.1 Å². The van der Waals surface area contributed by atoms with Crippen molar-refractivity contribution in [3.8, 4) is 11.8 Å². The molecule has 0 saturated carbocycles. The first kappa shape index (κ1) is 16.1. The molecule has 24 heavy (non-hydrogen) atoms. The number of hydrogen-bond acceptors (Lipinski definition) is 3. The molecule has 2 aromatic rings. The predicted molar refractivity (Wildman–Crippen MR) is 99.0 cm³/mol. The van der Waals surface area contributed by atoms with E-state index in [9.17, 15) is 5.26 Å². The molecule has 3 heteroatoms. The molecule has 1 heterocycles. The second-order valence-corrected chi connectivity index (χ2v) is 6.01. The molecule has 3 rings (SSSR count). The van der Waals surface area contributed by atoms with Gasteiger partial charge in [0.05, 0.1) is 18.8 Å². The van der Waals surface area contributed by atoms with Crippen LogP contribution in [-0.2, 0) is 0 Å². The maximum absolute atomic E-state index is 9.50. The van der Waals surface area contributed by atoms with Gasteiger partial charge >= 0.3 is 0 Å². The molecular weight excluding hydrogens is 296 g/mol. The SMILES string of the molecule is COc1cc(N2CCCCC2)ccc1/C=C(\C#N)c1ccccc1. The first-order chi connectivity index (χ1) is 11.8. The number of nitrogens with zero attached hydrogens (tertiary/aromatic N) is 2. The van der Waals surface area contributed by atoms with E-state index in [1.807, 2.05) is 42.5 Å². The summed E-state index contributed by atoms with van der Waals surface area (Å²) >= 11 is 0. The van der Waals surface area contributed by atoms with Gasteiger partial charge in [-0.2, -0.15) is 5.26 Å². The van der Waals surface area contributed by atoms with Crippen LogP contribution in [0.2, 0.25) is 0 Å². The van der Waals surface area contributed by atoms with Gasteiger partial charge in [-0.15, -0.1) is 0 Å². The van der Waals surface area contributed by atoms with Crippen LogP contribution in [0.4, 0.5) is 5.69 Å². The minimum Gasteiger partial charge on any atom is -0.496 e. The highest BCUT2D eigenvalue weighted by atomic mass is 16.5. The first-order valence-electron chi connectivity index (χ1n) is 8.42. The van der Waals surface area contributed by atoms with Crippen molar-refractivity contribution in [2.24, 2.45) is 0 Å². The molecule has 122 valence electrons. The monoisotopic (exact) mass is 318 g/mol. The summed E-state index contributed by atoms with van der Waals surface area (Å²) in [6.45, 7) is 2.21. The lowest BCUT2D eigenvalue weighted by atomic mass is 10.0. The van der Waals surface area contributed by atoms with Gasteiger partial charge in [0.1, 0.15) is 5.75 Å². The topological polar surface area (TPSA) is 36.3 Å². The molecule has 3 nitrogen and oxygen atoms in total. The second-order valence-electron chi connectivity index (χ2n) is 6.01. The van der Waals surface area contributed by atoms with Crippen LogP contribution in [0, 0.1) is 11.3 Å². The Kier molecular flexibility index (Phi) is 5.18. The van der Waals surface area contributed by atoms with Crippen LogP contribution in [0.15, 0.2) is 48.5 Å². The van der Waals surface area contributed by atoms with Gasteiger partial charge in [0.2, 0.25) is 0 Å². The van der Waals surface area contributed by atoms with Crippen LogP contribution in [0.5, 0.6) is 5.75 Å². The summed E-state index contributed by atoms with van der Waals surface area (Å²) in [5.74, 6) is 0.807. The fourth-order valence-corrected chi connectivity index (χ4v) is 3.12. The van der Waals surface area contributed by atoms with Gasteiger partial charge in [-0.3, -0.25) is 0 Å². The van der Waals surface area contributed by atoms with E-state index in [1.54, 1.807) is 7.11 Å². The minimum absolute atomic E-state index is 0.639. The zero-order valence-corrected chi connectivity index (χ0v) is 14.0. The molecule has 1 fully saturated rings. The van der Waals surface area contributed by atoms with Gasteiger partial charge in [-0.25, -0.2) is 0 Å². The average Bonchev–Trinajstić information content (AvgIpc) is 2.67. The van der Waals surface area contributed by atoms with Crippen molar-refractivity contribution in [1.82, 2.24) is 0 Å². The highest BCUT2D eigenvalue weighted by Crippen LogP contribution is 2.30. The number of piperidine rings is 1. The lowest BCUT2D eigenvalue weighted by Crippen LogP contribution is -2.29. The van der Waals surface area contributed by atoms with Gasteiger partial charge in [0, 0.05) is 30.4 Å². The molecule has 1 saturated heterocycles. The van der Waals surface area contributed by atoms with Crippen molar-refractivity contribution in [3.63, 3.8) is 0 Å². The van der Waals surface area contributed by atoms with E-state index < -0.39 is 0 Å². The summed E-state index contributed by atoms with van der Waals surface area (Å²) in [4.78, 5) is 2.40. The van der Waals surface area contributed by atoms with Crippen molar-refractivity contribution < 1.29 is 4.74 Å². The van der Waals surface area contributed by atoms with Gasteiger partial charge in [0.25, 0.3) is 0 Å². The number of benzene rings is 2. The van der Waals surface area contributed by atoms with Crippen molar-refractivity contribution in [2.45, 2.75) is 19.3 Å². The van der Waals surface area contributed by atoms with Gasteiger partial charge in [-0.05, 0) is 43.0 Å². The van der Waals surface area contributed by atoms with Crippen LogP contribution < -0.4 is 9.64 Å². The third kappa shape index (κ3) is 3.60. The Bertz CT molecular complexity index is 753. The van der Waals surface area contributed by atoms with Crippen molar-refractivity contribution in [3.05, 3.63) is 59.7 Å². The van der Waals surface area contributed by atoms with Gasteiger partial charge in [-0.1, -0.05) is 30.3 Å². The summed E-state index contributed by atoms with van der Waals surface area (Å²) in [6, 6.07) is 18.3. The second kappa shape index (κ2) is 7.70. The lowest BCUT2D eigenvalue weighted by Gasteiger charge is -2.29. The third-order valence-corrected chi connectivity index (χ3v) is 4.44. The molecule has 1 aliphatic heterocycles. The third-order valence-electron chi connectivity index (χ3n) is 4.44. The fourth-order valence-electron chi connectivity index (χ4n) is 3.12.